The average molecular weight is 449 g/mol. The smallest absolute Gasteiger partial charge is 0.416 e. The van der Waals surface area contributed by atoms with Gasteiger partial charge in [0.2, 0.25) is 0 Å². The molecule has 162 valence electrons. The molecule has 31 heavy (non-hydrogen) atoms. The highest BCUT2D eigenvalue weighted by molar-refractivity contribution is 7.92. The van der Waals surface area contributed by atoms with Crippen molar-refractivity contribution in [1.82, 2.24) is 0 Å². The molecule has 3 rings (SSSR count). The number of benzene rings is 3. The normalized spacial score (nSPS) is 11.8. The van der Waals surface area contributed by atoms with E-state index in [0.29, 0.717) is 16.7 Å². The minimum atomic E-state index is -4.41. The number of alkyl halides is 3. The van der Waals surface area contributed by atoms with Crippen LogP contribution in [0.15, 0.2) is 71.6 Å². The summed E-state index contributed by atoms with van der Waals surface area (Å²) in [6, 6.07) is 15.0. The van der Waals surface area contributed by atoms with E-state index in [1.165, 1.54) is 49.6 Å². The third-order valence-corrected chi connectivity index (χ3v) is 5.99. The van der Waals surface area contributed by atoms with Crippen molar-refractivity contribution in [2.24, 2.45) is 0 Å². The lowest BCUT2D eigenvalue weighted by atomic mass is 10.0. The third-order valence-electron chi connectivity index (χ3n) is 4.61. The lowest BCUT2D eigenvalue weighted by Gasteiger charge is -2.11. The summed E-state index contributed by atoms with van der Waals surface area (Å²) >= 11 is 0. The fraction of sp³-hybridized carbons (Fsp3) is 0.136. The van der Waals surface area contributed by atoms with Crippen molar-refractivity contribution in [2.45, 2.75) is 18.0 Å². The second kappa shape index (κ2) is 8.43. The number of hydrogen-bond acceptors (Lipinski definition) is 4. The number of halogens is 3. The highest BCUT2D eigenvalue weighted by Gasteiger charge is 2.30. The highest BCUT2D eigenvalue weighted by atomic mass is 32.2. The van der Waals surface area contributed by atoms with Gasteiger partial charge >= 0.3 is 12.1 Å². The predicted molar refractivity (Wildman–Crippen MR) is 110 cm³/mol. The molecular weight excluding hydrogens is 431 g/mol. The van der Waals surface area contributed by atoms with Crippen LogP contribution in [0.2, 0.25) is 0 Å². The number of esters is 1. The number of methoxy groups -OCH3 is 1. The fourth-order valence-corrected chi connectivity index (χ4v) is 3.98. The second-order valence-corrected chi connectivity index (χ2v) is 8.41. The van der Waals surface area contributed by atoms with Crippen molar-refractivity contribution >= 4 is 21.7 Å². The van der Waals surface area contributed by atoms with Crippen LogP contribution in [-0.2, 0) is 20.9 Å². The van der Waals surface area contributed by atoms with Crippen LogP contribution in [0.5, 0.6) is 0 Å². The van der Waals surface area contributed by atoms with Crippen LogP contribution in [0.25, 0.3) is 11.1 Å². The van der Waals surface area contributed by atoms with Gasteiger partial charge in [-0.15, -0.1) is 0 Å². The van der Waals surface area contributed by atoms with E-state index in [0.717, 1.165) is 12.1 Å². The molecule has 0 unspecified atom stereocenters. The SMILES string of the molecule is COC(=O)c1cc(S(=O)(=O)Nc2ccc(-c3ccc(C(F)(F)F)cc3)cc2)ccc1C. The van der Waals surface area contributed by atoms with Crippen molar-refractivity contribution < 1.29 is 31.1 Å². The Labute approximate surface area is 177 Å². The number of anilines is 1. The van der Waals surface area contributed by atoms with Gasteiger partial charge in [-0.3, -0.25) is 4.72 Å². The molecule has 0 aliphatic carbocycles. The quantitative estimate of drug-likeness (QED) is 0.539. The summed E-state index contributed by atoms with van der Waals surface area (Å²) in [7, 11) is -2.77. The third kappa shape index (κ3) is 5.05. The van der Waals surface area contributed by atoms with Crippen molar-refractivity contribution in [2.75, 3.05) is 11.8 Å². The monoisotopic (exact) mass is 449 g/mol. The Morgan fingerprint density at radius 1 is 0.903 bits per heavy atom. The molecule has 0 saturated heterocycles. The molecule has 0 aliphatic rings. The predicted octanol–water partition coefficient (Wildman–Crippen LogP) is 5.27. The Morgan fingerprint density at radius 3 is 1.97 bits per heavy atom. The molecule has 0 fully saturated rings. The number of rotatable bonds is 5. The van der Waals surface area contributed by atoms with E-state index in [-0.39, 0.29) is 16.1 Å². The molecule has 3 aromatic rings. The second-order valence-electron chi connectivity index (χ2n) is 6.73. The molecule has 1 N–H and O–H groups in total. The van der Waals surface area contributed by atoms with Crippen LogP contribution < -0.4 is 4.72 Å². The zero-order chi connectivity index (χ0) is 22.8. The Hall–Kier alpha value is -3.33. The van der Waals surface area contributed by atoms with Crippen LogP contribution in [0.1, 0.15) is 21.5 Å². The summed E-state index contributed by atoms with van der Waals surface area (Å²) < 4.78 is 70.5. The van der Waals surface area contributed by atoms with Crippen LogP contribution in [0, 0.1) is 6.92 Å². The largest absolute Gasteiger partial charge is 0.465 e. The Bertz CT molecular complexity index is 1200. The van der Waals surface area contributed by atoms with Gasteiger partial charge < -0.3 is 4.74 Å². The van der Waals surface area contributed by atoms with E-state index in [4.69, 9.17) is 0 Å². The number of carbonyl (C=O) groups is 1. The first-order valence-electron chi connectivity index (χ1n) is 9.01. The van der Waals surface area contributed by atoms with Crippen LogP contribution in [-0.4, -0.2) is 21.5 Å². The van der Waals surface area contributed by atoms with Gasteiger partial charge in [-0.25, -0.2) is 13.2 Å². The maximum atomic E-state index is 12.7. The van der Waals surface area contributed by atoms with Crippen LogP contribution >= 0.6 is 0 Å². The molecule has 5 nitrogen and oxygen atoms in total. The first kappa shape index (κ1) is 22.4. The molecule has 0 aliphatic heterocycles. The van der Waals surface area contributed by atoms with Crippen LogP contribution in [0.4, 0.5) is 18.9 Å². The first-order valence-corrected chi connectivity index (χ1v) is 10.5. The number of ether oxygens (including phenoxy) is 1. The maximum Gasteiger partial charge on any atom is 0.416 e. The van der Waals surface area contributed by atoms with Gasteiger partial charge in [0.05, 0.1) is 23.1 Å². The molecule has 0 amide bonds. The Balaban J connectivity index is 1.81. The molecule has 3 aromatic carbocycles. The minimum absolute atomic E-state index is 0.106. The van der Waals surface area contributed by atoms with Gasteiger partial charge in [0, 0.05) is 5.69 Å². The van der Waals surface area contributed by atoms with Crippen molar-refractivity contribution in [3.63, 3.8) is 0 Å². The topological polar surface area (TPSA) is 72.5 Å². The Morgan fingerprint density at radius 2 is 1.45 bits per heavy atom. The van der Waals surface area contributed by atoms with E-state index in [9.17, 15) is 26.4 Å². The lowest BCUT2D eigenvalue weighted by molar-refractivity contribution is -0.137. The van der Waals surface area contributed by atoms with Gasteiger partial charge in [-0.2, -0.15) is 13.2 Å². The average Bonchev–Trinajstić information content (AvgIpc) is 2.73. The molecule has 0 saturated carbocycles. The minimum Gasteiger partial charge on any atom is -0.465 e. The van der Waals surface area contributed by atoms with E-state index >= 15 is 0 Å². The van der Waals surface area contributed by atoms with Gasteiger partial charge in [0.15, 0.2) is 0 Å². The van der Waals surface area contributed by atoms with E-state index in [2.05, 4.69) is 9.46 Å². The van der Waals surface area contributed by atoms with Gasteiger partial charge in [-0.05, 0) is 60.0 Å². The van der Waals surface area contributed by atoms with Crippen molar-refractivity contribution in [3.05, 3.63) is 83.4 Å². The summed E-state index contributed by atoms with van der Waals surface area (Å²) in [4.78, 5) is 11.7. The number of aryl methyl sites for hydroxylation is 1. The van der Waals surface area contributed by atoms with Crippen molar-refractivity contribution in [1.29, 1.82) is 0 Å². The fourth-order valence-electron chi connectivity index (χ4n) is 2.89. The zero-order valence-corrected chi connectivity index (χ0v) is 17.3. The summed E-state index contributed by atoms with van der Waals surface area (Å²) in [5.41, 5.74) is 1.42. The number of sulfonamides is 1. The van der Waals surface area contributed by atoms with Gasteiger partial charge in [-0.1, -0.05) is 30.3 Å². The number of hydrogen-bond donors (Lipinski definition) is 1. The summed E-state index contributed by atoms with van der Waals surface area (Å²) in [6.45, 7) is 1.66. The summed E-state index contributed by atoms with van der Waals surface area (Å²) in [5, 5.41) is 0. The standard InChI is InChI=1S/C22H18F3NO4S/c1-14-3-12-19(13-20(14)21(27)30-2)31(28,29)26-18-10-6-16(7-11-18)15-4-8-17(9-5-15)22(23,24)25/h3-13,26H,1-2H3. The molecular formula is C22H18F3NO4S. The number of nitrogens with one attached hydrogen (secondary N) is 1. The number of carbonyl (C=O) groups excluding carboxylic acids is 1. The lowest BCUT2D eigenvalue weighted by Crippen LogP contribution is -2.14. The molecule has 0 radical (unpaired) electrons. The van der Waals surface area contributed by atoms with Crippen LogP contribution in [0.3, 0.4) is 0 Å². The van der Waals surface area contributed by atoms with Crippen molar-refractivity contribution in [3.8, 4) is 11.1 Å². The van der Waals surface area contributed by atoms with E-state index in [1.807, 2.05) is 0 Å². The summed E-state index contributed by atoms with van der Waals surface area (Å²) in [5.74, 6) is -0.643. The highest BCUT2D eigenvalue weighted by Crippen LogP contribution is 2.31. The van der Waals surface area contributed by atoms with E-state index in [1.54, 1.807) is 19.1 Å². The summed E-state index contributed by atoms with van der Waals surface area (Å²) in [6.07, 6.45) is -4.41. The molecule has 0 aromatic heterocycles. The van der Waals surface area contributed by atoms with Gasteiger partial charge in [0.25, 0.3) is 10.0 Å². The molecule has 0 spiro atoms. The van der Waals surface area contributed by atoms with E-state index < -0.39 is 27.7 Å². The maximum absolute atomic E-state index is 12.7. The molecule has 0 heterocycles. The van der Waals surface area contributed by atoms with Gasteiger partial charge in [0.1, 0.15) is 0 Å². The molecule has 0 bridgehead atoms. The molecule has 0 atom stereocenters. The molecule has 9 heteroatoms. The first-order chi connectivity index (χ1) is 14.5. The zero-order valence-electron chi connectivity index (χ0n) is 16.5. The Kier molecular flexibility index (Phi) is 6.08.